The minimum absolute atomic E-state index is 0.262. The quantitative estimate of drug-likeness (QED) is 0.672. The van der Waals surface area contributed by atoms with E-state index in [1.807, 2.05) is 23.8 Å². The van der Waals surface area contributed by atoms with Crippen molar-refractivity contribution < 1.29 is 14.3 Å². The molecule has 0 bridgehead atoms. The van der Waals surface area contributed by atoms with E-state index in [4.69, 9.17) is 4.74 Å². The molecule has 128 valence electrons. The van der Waals surface area contributed by atoms with Gasteiger partial charge in [0.25, 0.3) is 11.8 Å². The minimum Gasteiger partial charge on any atom is -0.494 e. The summed E-state index contributed by atoms with van der Waals surface area (Å²) in [5.74, 6) is -0.187. The van der Waals surface area contributed by atoms with Gasteiger partial charge in [-0.1, -0.05) is 0 Å². The molecule has 2 heterocycles. The molecule has 3 rings (SSSR count). The molecule has 0 fully saturated rings. The topological polar surface area (TPSA) is 80.3 Å². The molecule has 0 radical (unpaired) electrons. The Bertz CT molecular complexity index is 858. The second kappa shape index (κ2) is 7.91. The Balaban J connectivity index is 1.57. The second-order valence-corrected chi connectivity index (χ2v) is 6.55. The number of hydrogen-bond acceptors (Lipinski definition) is 6. The average Bonchev–Trinajstić information content (AvgIpc) is 3.31. The fraction of sp³-hybridized carbons (Fsp3) is 0.118. The van der Waals surface area contributed by atoms with Crippen LogP contribution in [-0.4, -0.2) is 23.4 Å². The molecule has 25 heavy (non-hydrogen) atoms. The first-order valence-corrected chi connectivity index (χ1v) is 9.31. The Labute approximate surface area is 152 Å². The van der Waals surface area contributed by atoms with Gasteiger partial charge in [0.2, 0.25) is 0 Å². The molecule has 1 aromatic carbocycles. The number of hydrogen-bond donors (Lipinski definition) is 2. The summed E-state index contributed by atoms with van der Waals surface area (Å²) < 4.78 is 5.32. The minimum atomic E-state index is -0.461. The Morgan fingerprint density at radius 2 is 1.84 bits per heavy atom. The van der Waals surface area contributed by atoms with Crippen LogP contribution in [0, 0.1) is 0 Å². The van der Waals surface area contributed by atoms with E-state index >= 15 is 0 Å². The van der Waals surface area contributed by atoms with Gasteiger partial charge in [0.05, 0.1) is 6.61 Å². The molecular formula is C17H15N3O3S2. The maximum absolute atomic E-state index is 12.1. The van der Waals surface area contributed by atoms with Gasteiger partial charge < -0.3 is 4.74 Å². The van der Waals surface area contributed by atoms with Crippen LogP contribution in [0.25, 0.3) is 10.6 Å². The molecule has 6 nitrogen and oxygen atoms in total. The molecule has 2 aromatic heterocycles. The Kier molecular flexibility index (Phi) is 5.42. The van der Waals surface area contributed by atoms with Gasteiger partial charge in [-0.05, 0) is 42.6 Å². The number of aromatic nitrogens is 1. The van der Waals surface area contributed by atoms with Gasteiger partial charge in [-0.2, -0.15) is 11.3 Å². The smallest absolute Gasteiger partial charge is 0.289 e. The summed E-state index contributed by atoms with van der Waals surface area (Å²) in [4.78, 5) is 28.4. The summed E-state index contributed by atoms with van der Waals surface area (Å²) in [6, 6.07) is 8.61. The van der Waals surface area contributed by atoms with Crippen LogP contribution in [0.1, 0.15) is 27.8 Å². The molecule has 0 saturated heterocycles. The van der Waals surface area contributed by atoms with Crippen molar-refractivity contribution in [3.63, 3.8) is 0 Å². The van der Waals surface area contributed by atoms with Crippen molar-refractivity contribution in [1.29, 1.82) is 0 Å². The van der Waals surface area contributed by atoms with Gasteiger partial charge in [-0.15, -0.1) is 11.3 Å². The summed E-state index contributed by atoms with van der Waals surface area (Å²) in [6.45, 7) is 2.45. The number of ether oxygens (including phenoxy) is 1. The number of hydrazine groups is 1. The SMILES string of the molecule is CCOc1ccc(C(=O)NNC(=O)c2csc(-c3ccsc3)n2)cc1. The summed E-state index contributed by atoms with van der Waals surface area (Å²) in [5.41, 5.74) is 6.41. The molecular weight excluding hydrogens is 358 g/mol. The highest BCUT2D eigenvalue weighted by Gasteiger charge is 2.13. The van der Waals surface area contributed by atoms with E-state index < -0.39 is 11.8 Å². The van der Waals surface area contributed by atoms with Crippen LogP contribution in [0.4, 0.5) is 0 Å². The molecule has 0 aliphatic carbocycles. The lowest BCUT2D eigenvalue weighted by Gasteiger charge is -2.07. The number of amides is 2. The molecule has 0 saturated carbocycles. The lowest BCUT2D eigenvalue weighted by molar-refractivity contribution is 0.0844. The molecule has 0 aliphatic rings. The fourth-order valence-electron chi connectivity index (χ4n) is 2.02. The second-order valence-electron chi connectivity index (χ2n) is 4.92. The summed E-state index contributed by atoms with van der Waals surface area (Å²) in [6.07, 6.45) is 0. The van der Waals surface area contributed by atoms with E-state index in [1.54, 1.807) is 41.0 Å². The maximum atomic E-state index is 12.1. The first-order valence-electron chi connectivity index (χ1n) is 7.49. The van der Waals surface area contributed by atoms with Crippen LogP contribution in [0.3, 0.4) is 0 Å². The number of carbonyl (C=O) groups is 2. The van der Waals surface area contributed by atoms with Crippen LogP contribution in [0.2, 0.25) is 0 Å². The van der Waals surface area contributed by atoms with Gasteiger partial charge in [0, 0.05) is 21.9 Å². The van der Waals surface area contributed by atoms with Crippen molar-refractivity contribution in [3.05, 3.63) is 57.7 Å². The first kappa shape index (κ1) is 17.1. The molecule has 8 heteroatoms. The Hall–Kier alpha value is -2.71. The fourth-order valence-corrected chi connectivity index (χ4v) is 3.53. The number of thiazole rings is 1. The van der Waals surface area contributed by atoms with Crippen LogP contribution >= 0.6 is 22.7 Å². The molecule has 3 aromatic rings. The maximum Gasteiger partial charge on any atom is 0.289 e. The molecule has 0 aliphatic heterocycles. The zero-order valence-electron chi connectivity index (χ0n) is 13.3. The lowest BCUT2D eigenvalue weighted by atomic mass is 10.2. The third-order valence-electron chi connectivity index (χ3n) is 3.22. The average molecular weight is 373 g/mol. The summed E-state index contributed by atoms with van der Waals surface area (Å²) in [7, 11) is 0. The van der Waals surface area contributed by atoms with Crippen LogP contribution in [0.15, 0.2) is 46.5 Å². The molecule has 0 atom stereocenters. The van der Waals surface area contributed by atoms with E-state index in [9.17, 15) is 9.59 Å². The van der Waals surface area contributed by atoms with Gasteiger partial charge in [0.15, 0.2) is 0 Å². The third kappa shape index (κ3) is 4.23. The lowest BCUT2D eigenvalue weighted by Crippen LogP contribution is -2.41. The predicted octanol–water partition coefficient (Wildman–Crippen LogP) is 3.35. The van der Waals surface area contributed by atoms with Gasteiger partial charge in [-0.25, -0.2) is 4.98 Å². The van der Waals surface area contributed by atoms with Gasteiger partial charge in [0.1, 0.15) is 16.5 Å². The van der Waals surface area contributed by atoms with E-state index in [2.05, 4.69) is 15.8 Å². The van der Waals surface area contributed by atoms with E-state index in [0.717, 1.165) is 10.6 Å². The number of rotatable bonds is 5. The van der Waals surface area contributed by atoms with E-state index in [0.29, 0.717) is 17.9 Å². The highest BCUT2D eigenvalue weighted by molar-refractivity contribution is 7.14. The zero-order chi connectivity index (χ0) is 17.6. The number of carbonyl (C=O) groups excluding carboxylic acids is 2. The Morgan fingerprint density at radius 3 is 2.52 bits per heavy atom. The number of nitrogens with one attached hydrogen (secondary N) is 2. The zero-order valence-corrected chi connectivity index (χ0v) is 14.9. The monoisotopic (exact) mass is 373 g/mol. The van der Waals surface area contributed by atoms with Crippen molar-refractivity contribution in [3.8, 4) is 16.3 Å². The number of nitrogens with zero attached hydrogens (tertiary/aromatic N) is 1. The van der Waals surface area contributed by atoms with Crippen LogP contribution in [-0.2, 0) is 0 Å². The van der Waals surface area contributed by atoms with Crippen LogP contribution < -0.4 is 15.6 Å². The Morgan fingerprint density at radius 1 is 1.08 bits per heavy atom. The van der Waals surface area contributed by atoms with Crippen molar-refractivity contribution in [2.75, 3.05) is 6.61 Å². The van der Waals surface area contributed by atoms with E-state index in [1.165, 1.54) is 11.3 Å². The van der Waals surface area contributed by atoms with Crippen molar-refractivity contribution in [1.82, 2.24) is 15.8 Å². The van der Waals surface area contributed by atoms with Crippen molar-refractivity contribution in [2.24, 2.45) is 0 Å². The standard InChI is InChI=1S/C17H15N3O3S2/c1-2-23-13-5-3-11(4-6-13)15(21)19-20-16(22)14-10-25-17(18-14)12-7-8-24-9-12/h3-10H,2H2,1H3,(H,19,21)(H,20,22). The number of benzene rings is 1. The normalized spacial score (nSPS) is 10.3. The number of thiophene rings is 1. The highest BCUT2D eigenvalue weighted by Crippen LogP contribution is 2.25. The summed E-state index contributed by atoms with van der Waals surface area (Å²) >= 11 is 2.95. The largest absolute Gasteiger partial charge is 0.494 e. The van der Waals surface area contributed by atoms with Gasteiger partial charge >= 0.3 is 0 Å². The van der Waals surface area contributed by atoms with Gasteiger partial charge in [-0.3, -0.25) is 20.4 Å². The van der Waals surface area contributed by atoms with Crippen molar-refractivity contribution in [2.45, 2.75) is 6.92 Å². The molecule has 0 unspecified atom stereocenters. The van der Waals surface area contributed by atoms with Crippen LogP contribution in [0.5, 0.6) is 5.75 Å². The third-order valence-corrected chi connectivity index (χ3v) is 4.80. The predicted molar refractivity (Wildman–Crippen MR) is 98.0 cm³/mol. The van der Waals surface area contributed by atoms with E-state index in [-0.39, 0.29) is 5.69 Å². The first-order chi connectivity index (χ1) is 12.2. The molecule has 2 N–H and O–H groups in total. The summed E-state index contributed by atoms with van der Waals surface area (Å²) in [5, 5.41) is 6.34. The molecule has 0 spiro atoms. The van der Waals surface area contributed by atoms with Crippen molar-refractivity contribution >= 4 is 34.5 Å². The molecule has 2 amide bonds. The highest BCUT2D eigenvalue weighted by atomic mass is 32.1.